The lowest BCUT2D eigenvalue weighted by Crippen LogP contribution is -2.68. The van der Waals surface area contributed by atoms with Gasteiger partial charge in [-0.2, -0.15) is 0 Å². The van der Waals surface area contributed by atoms with E-state index in [2.05, 4.69) is 24.3 Å². The second kappa shape index (κ2) is 8.79. The third kappa shape index (κ3) is 5.50. The molecule has 0 unspecified atom stereocenters. The summed E-state index contributed by atoms with van der Waals surface area (Å²) in [4.78, 5) is 0. The number of halogens is 1. The molecule has 0 saturated heterocycles. The molecule has 1 aromatic heterocycles. The molecule has 0 atom stereocenters. The molecule has 0 saturated carbocycles. The molecule has 7 heteroatoms. The summed E-state index contributed by atoms with van der Waals surface area (Å²) in [7, 11) is -4.94. The summed E-state index contributed by atoms with van der Waals surface area (Å²) in [5.74, 6) is 0.876. The summed E-state index contributed by atoms with van der Waals surface area (Å²) in [6.45, 7) is 0. The van der Waals surface area contributed by atoms with Gasteiger partial charge in [0, 0.05) is 22.4 Å². The smallest absolute Gasteiger partial charge is 0.229 e. The lowest BCUT2D eigenvalue weighted by molar-refractivity contribution is -2.00. The van der Waals surface area contributed by atoms with Gasteiger partial charge in [0.25, 0.3) is 5.69 Å². The van der Waals surface area contributed by atoms with Crippen molar-refractivity contribution < 1.29 is 38.1 Å². The Bertz CT molecular complexity index is 936. The Kier molecular flexibility index (Phi) is 6.20. The van der Waals surface area contributed by atoms with E-state index in [9.17, 15) is 0 Å². The van der Waals surface area contributed by atoms with Crippen molar-refractivity contribution in [3.63, 3.8) is 0 Å². The van der Waals surface area contributed by atoms with Crippen molar-refractivity contribution in [2.24, 2.45) is 0 Å². The molecule has 6 nitrogen and oxygen atoms in total. The Morgan fingerprint density at radius 3 is 1.54 bits per heavy atom. The fourth-order valence-electron chi connectivity index (χ4n) is 2.67. The van der Waals surface area contributed by atoms with Gasteiger partial charge in [-0.15, -0.1) is 10.2 Å². The molecular formula is C21H16ClNO5. The van der Waals surface area contributed by atoms with Gasteiger partial charge in [-0.25, -0.2) is 23.2 Å². The minimum atomic E-state index is -4.94. The summed E-state index contributed by atoms with van der Waals surface area (Å²) in [5, 5.41) is 0. The Labute approximate surface area is 163 Å². The van der Waals surface area contributed by atoms with Crippen LogP contribution in [-0.2, 0) is 0 Å². The highest BCUT2D eigenvalue weighted by atomic mass is 35.7. The highest BCUT2D eigenvalue weighted by Gasteiger charge is 2.22. The van der Waals surface area contributed by atoms with Crippen molar-refractivity contribution in [2.45, 2.75) is 0 Å². The summed E-state index contributed by atoms with van der Waals surface area (Å²) < 4.78 is 42.0. The van der Waals surface area contributed by atoms with Gasteiger partial charge >= 0.3 is 0 Å². The molecule has 0 bridgehead atoms. The summed E-state index contributed by atoms with van der Waals surface area (Å²) in [6, 6.07) is 30.6. The van der Waals surface area contributed by atoms with Crippen LogP contribution in [-0.4, -0.2) is 0 Å². The van der Waals surface area contributed by atoms with Crippen LogP contribution >= 0.6 is 0 Å². The first kappa shape index (κ1) is 19.8. The predicted molar refractivity (Wildman–Crippen MR) is 91.1 cm³/mol. The average molecular weight is 398 g/mol. The molecule has 0 aliphatic heterocycles. The Balaban J connectivity index is 0.000000403. The van der Waals surface area contributed by atoms with E-state index >= 15 is 0 Å². The van der Waals surface area contributed by atoms with Gasteiger partial charge in [0.05, 0.1) is 0 Å². The molecule has 4 rings (SSSR count). The van der Waals surface area contributed by atoms with Crippen LogP contribution in [0.15, 0.2) is 102 Å². The largest absolute Gasteiger partial charge is 0.258 e. The van der Waals surface area contributed by atoms with Crippen molar-refractivity contribution >= 4 is 0 Å². The minimum Gasteiger partial charge on any atom is -0.229 e. The standard InChI is InChI=1S/C21H16NO.ClHO4/c1-4-10-17(11-5-1)20-16-22(19-14-8-3-9-15-19)23-21(20)18-12-6-2-7-13-18;2-1(3,4)5/h1-16H;(H,2,3,4,5)/q+1;/p-1. The third-order valence-corrected chi connectivity index (χ3v) is 3.81. The van der Waals surface area contributed by atoms with Crippen molar-refractivity contribution in [1.82, 2.24) is 0 Å². The van der Waals surface area contributed by atoms with Gasteiger partial charge in [-0.05, 0) is 5.56 Å². The zero-order valence-electron chi connectivity index (χ0n) is 14.6. The lowest BCUT2D eigenvalue weighted by atomic mass is 10.0. The van der Waals surface area contributed by atoms with Crippen LogP contribution in [0.1, 0.15) is 0 Å². The molecule has 0 N–H and O–H groups in total. The van der Waals surface area contributed by atoms with Gasteiger partial charge in [0.15, 0.2) is 0 Å². The molecule has 3 aromatic carbocycles. The number of benzene rings is 3. The summed E-state index contributed by atoms with van der Waals surface area (Å²) >= 11 is 0. The highest BCUT2D eigenvalue weighted by molar-refractivity contribution is 5.78. The summed E-state index contributed by atoms with van der Waals surface area (Å²) in [6.07, 6.45) is 2.05. The Hall–Kier alpha value is -3.00. The molecule has 0 radical (unpaired) electrons. The third-order valence-electron chi connectivity index (χ3n) is 3.81. The van der Waals surface area contributed by atoms with Crippen molar-refractivity contribution in [2.75, 3.05) is 0 Å². The van der Waals surface area contributed by atoms with E-state index in [0.717, 1.165) is 28.1 Å². The van der Waals surface area contributed by atoms with Crippen LogP contribution in [0.25, 0.3) is 28.1 Å². The monoisotopic (exact) mass is 397 g/mol. The Morgan fingerprint density at radius 2 is 1.04 bits per heavy atom. The lowest BCUT2D eigenvalue weighted by Gasteiger charge is -2.17. The van der Waals surface area contributed by atoms with Crippen LogP contribution in [0.5, 0.6) is 0 Å². The highest BCUT2D eigenvalue weighted by Crippen LogP contribution is 2.31. The molecule has 0 fully saturated rings. The van der Waals surface area contributed by atoms with E-state index in [1.54, 1.807) is 0 Å². The normalized spacial score (nSPS) is 10.9. The Morgan fingerprint density at radius 1 is 0.607 bits per heavy atom. The van der Waals surface area contributed by atoms with Crippen LogP contribution in [0.3, 0.4) is 0 Å². The predicted octanol–water partition coefficient (Wildman–Crippen LogP) is 0.134. The van der Waals surface area contributed by atoms with Crippen molar-refractivity contribution in [3.05, 3.63) is 97.2 Å². The molecule has 4 aromatic rings. The topological polar surface area (TPSA) is 109 Å². The zero-order chi connectivity index (χ0) is 20.0. The fraction of sp³-hybridized carbons (Fsp3) is 0. The minimum absolute atomic E-state index is 0.876. The van der Waals surface area contributed by atoms with Crippen LogP contribution in [0, 0.1) is 10.2 Å². The first-order valence-corrected chi connectivity index (χ1v) is 9.49. The van der Waals surface area contributed by atoms with Gasteiger partial charge in [-0.1, -0.05) is 78.9 Å². The van der Waals surface area contributed by atoms with Gasteiger partial charge in [0.1, 0.15) is 5.56 Å². The molecule has 0 aliphatic carbocycles. The first-order chi connectivity index (χ1) is 13.4. The molecule has 0 aliphatic rings. The number of rotatable bonds is 3. The fourth-order valence-corrected chi connectivity index (χ4v) is 2.67. The number of aromatic nitrogens is 1. The van der Waals surface area contributed by atoms with Crippen molar-refractivity contribution in [1.29, 1.82) is 0 Å². The maximum Gasteiger partial charge on any atom is 0.258 e. The molecule has 28 heavy (non-hydrogen) atoms. The van der Waals surface area contributed by atoms with E-state index in [1.165, 1.54) is 0 Å². The maximum absolute atomic E-state index is 8.49. The SMILES string of the molecule is [O-][Cl+3]([O-])([O-])[O-].c1ccc(-c2c[n+](-c3ccccc3)oc2-c2ccccc2)cc1. The molecule has 1 heterocycles. The van der Waals surface area contributed by atoms with Crippen LogP contribution < -0.4 is 23.4 Å². The molecule has 142 valence electrons. The van der Waals surface area contributed by atoms with Crippen LogP contribution in [0.4, 0.5) is 0 Å². The van der Waals surface area contributed by atoms with Crippen LogP contribution in [0.2, 0.25) is 0 Å². The molecule has 0 amide bonds. The van der Waals surface area contributed by atoms with E-state index < -0.39 is 10.2 Å². The molecule has 0 spiro atoms. The number of para-hydroxylation sites is 1. The van der Waals surface area contributed by atoms with Crippen molar-refractivity contribution in [3.8, 4) is 28.1 Å². The van der Waals surface area contributed by atoms with Gasteiger partial charge < -0.3 is 0 Å². The van der Waals surface area contributed by atoms with E-state index in [0.29, 0.717) is 0 Å². The van der Waals surface area contributed by atoms with Gasteiger partial charge in [0.2, 0.25) is 12.0 Å². The summed E-state index contributed by atoms with van der Waals surface area (Å²) in [5.41, 5.74) is 4.30. The van der Waals surface area contributed by atoms with E-state index in [-0.39, 0.29) is 0 Å². The molecular weight excluding hydrogens is 382 g/mol. The second-order valence-electron chi connectivity index (χ2n) is 5.73. The quantitative estimate of drug-likeness (QED) is 0.456. The number of hydrogen-bond donors (Lipinski definition) is 0. The number of hydrogen-bond acceptors (Lipinski definition) is 5. The maximum atomic E-state index is 8.49. The van der Waals surface area contributed by atoms with Gasteiger partial charge in [-0.3, -0.25) is 0 Å². The zero-order valence-corrected chi connectivity index (χ0v) is 15.4. The first-order valence-electron chi connectivity index (χ1n) is 8.26. The number of nitrogens with zero attached hydrogens (tertiary/aromatic N) is 1. The van der Waals surface area contributed by atoms with E-state index in [1.807, 2.05) is 77.7 Å². The second-order valence-corrected chi connectivity index (χ2v) is 6.49. The average Bonchev–Trinajstić information content (AvgIpc) is 3.14. The van der Waals surface area contributed by atoms with E-state index in [4.69, 9.17) is 23.2 Å².